The van der Waals surface area contributed by atoms with E-state index < -0.39 is 0 Å². The van der Waals surface area contributed by atoms with Crippen LogP contribution in [-0.2, 0) is 6.42 Å². The van der Waals surface area contributed by atoms with Crippen molar-refractivity contribution in [2.24, 2.45) is 11.3 Å². The van der Waals surface area contributed by atoms with Crippen LogP contribution in [0.4, 0.5) is 0 Å². The Morgan fingerprint density at radius 1 is 1.30 bits per heavy atom. The first kappa shape index (κ1) is 11.9. The van der Waals surface area contributed by atoms with E-state index in [2.05, 4.69) is 18.9 Å². The van der Waals surface area contributed by atoms with E-state index in [9.17, 15) is 4.79 Å². The number of benzene rings is 1. The van der Waals surface area contributed by atoms with Gasteiger partial charge in [0.2, 0.25) is 0 Å². The van der Waals surface area contributed by atoms with Crippen LogP contribution in [0.2, 0.25) is 0 Å². The van der Waals surface area contributed by atoms with Gasteiger partial charge < -0.3 is 0 Å². The van der Waals surface area contributed by atoms with Crippen molar-refractivity contribution in [3.63, 3.8) is 0 Å². The lowest BCUT2D eigenvalue weighted by molar-refractivity contribution is 0.0941. The normalized spacial score (nSPS) is 25.1. The van der Waals surface area contributed by atoms with Gasteiger partial charge in [-0.15, -0.1) is 0 Å². The van der Waals surface area contributed by atoms with Crippen molar-refractivity contribution in [2.45, 2.75) is 33.1 Å². The van der Waals surface area contributed by atoms with E-state index in [1.807, 2.05) is 37.3 Å². The van der Waals surface area contributed by atoms with Gasteiger partial charge in [-0.2, -0.15) is 5.10 Å². The smallest absolute Gasteiger partial charge is 0.267 e. The Morgan fingerprint density at radius 2 is 2.00 bits per heavy atom. The van der Waals surface area contributed by atoms with Gasteiger partial charge >= 0.3 is 0 Å². The quantitative estimate of drug-likeness (QED) is 0.794. The molecular formula is C17H18N2O. The molecule has 20 heavy (non-hydrogen) atoms. The fourth-order valence-corrected chi connectivity index (χ4v) is 3.97. The lowest BCUT2D eigenvalue weighted by atomic mass is 9.98. The first-order valence-corrected chi connectivity index (χ1v) is 7.20. The van der Waals surface area contributed by atoms with Gasteiger partial charge in [0.1, 0.15) is 0 Å². The van der Waals surface area contributed by atoms with Crippen LogP contribution in [0.1, 0.15) is 47.1 Å². The van der Waals surface area contributed by atoms with Crippen LogP contribution in [0.5, 0.6) is 0 Å². The largest absolute Gasteiger partial charge is 0.278 e. The topological polar surface area (TPSA) is 34.9 Å². The third-order valence-electron chi connectivity index (χ3n) is 5.19. The molecule has 2 aliphatic rings. The molecule has 102 valence electrons. The van der Waals surface area contributed by atoms with Crippen LogP contribution in [0.25, 0.3) is 0 Å². The molecule has 1 fully saturated rings. The van der Waals surface area contributed by atoms with E-state index in [-0.39, 0.29) is 5.91 Å². The van der Waals surface area contributed by atoms with Crippen molar-refractivity contribution in [2.75, 3.05) is 0 Å². The van der Waals surface area contributed by atoms with Crippen molar-refractivity contribution >= 4 is 5.91 Å². The molecule has 2 atom stereocenters. The zero-order valence-corrected chi connectivity index (χ0v) is 12.1. The van der Waals surface area contributed by atoms with Gasteiger partial charge in [0.25, 0.3) is 5.91 Å². The molecule has 0 bridgehead atoms. The first-order chi connectivity index (χ1) is 9.51. The maximum absolute atomic E-state index is 12.6. The Balaban J connectivity index is 1.78. The molecule has 2 aliphatic carbocycles. The maximum atomic E-state index is 12.6. The number of rotatable bonds is 1. The summed E-state index contributed by atoms with van der Waals surface area (Å²) in [6.45, 7) is 6.67. The van der Waals surface area contributed by atoms with Gasteiger partial charge in [-0.05, 0) is 42.7 Å². The molecule has 0 radical (unpaired) electrons. The average Bonchev–Trinajstić information content (AvgIpc) is 2.82. The highest BCUT2D eigenvalue weighted by Crippen LogP contribution is 2.70. The van der Waals surface area contributed by atoms with E-state index >= 15 is 0 Å². The molecule has 3 nitrogen and oxygen atoms in total. The summed E-state index contributed by atoms with van der Waals surface area (Å²) in [6, 6.07) is 9.42. The molecule has 2 aromatic rings. The average molecular weight is 266 g/mol. The van der Waals surface area contributed by atoms with E-state index in [1.165, 1.54) is 5.56 Å². The fraction of sp³-hybridized carbons (Fsp3) is 0.412. The zero-order chi connectivity index (χ0) is 14.1. The molecule has 2 unspecified atom stereocenters. The number of aromatic nitrogens is 2. The Morgan fingerprint density at radius 3 is 2.70 bits per heavy atom. The highest BCUT2D eigenvalue weighted by atomic mass is 16.2. The van der Waals surface area contributed by atoms with Gasteiger partial charge in [0.05, 0.1) is 11.4 Å². The number of carbonyl (C=O) groups is 1. The number of nitrogens with zero attached hydrogens (tertiary/aromatic N) is 2. The molecule has 1 aromatic heterocycles. The summed E-state index contributed by atoms with van der Waals surface area (Å²) in [7, 11) is 0. The van der Waals surface area contributed by atoms with Crippen molar-refractivity contribution in [1.29, 1.82) is 0 Å². The summed E-state index contributed by atoms with van der Waals surface area (Å²) >= 11 is 0. The number of hydrogen-bond acceptors (Lipinski definition) is 2. The molecule has 1 heterocycles. The van der Waals surface area contributed by atoms with Crippen LogP contribution >= 0.6 is 0 Å². The minimum atomic E-state index is -0.00550. The molecule has 1 saturated carbocycles. The minimum Gasteiger partial charge on any atom is -0.267 e. The lowest BCUT2D eigenvalue weighted by Crippen LogP contribution is -2.17. The highest BCUT2D eigenvalue weighted by Gasteiger charge is 2.64. The summed E-state index contributed by atoms with van der Waals surface area (Å²) in [6.07, 6.45) is 0.992. The molecule has 0 amide bonds. The van der Waals surface area contributed by atoms with E-state index in [1.54, 1.807) is 4.68 Å². The van der Waals surface area contributed by atoms with E-state index in [4.69, 9.17) is 0 Å². The van der Waals surface area contributed by atoms with Crippen LogP contribution in [-0.4, -0.2) is 15.7 Å². The number of aryl methyl sites for hydroxylation is 1. The Kier molecular flexibility index (Phi) is 2.14. The van der Waals surface area contributed by atoms with Crippen molar-refractivity contribution in [3.05, 3.63) is 52.8 Å². The maximum Gasteiger partial charge on any atom is 0.278 e. The molecule has 0 aliphatic heterocycles. The molecular weight excluding hydrogens is 248 g/mol. The van der Waals surface area contributed by atoms with Gasteiger partial charge in [0, 0.05) is 11.1 Å². The zero-order valence-electron chi connectivity index (χ0n) is 12.1. The van der Waals surface area contributed by atoms with Crippen molar-refractivity contribution < 1.29 is 4.79 Å². The Labute approximate surface area is 118 Å². The van der Waals surface area contributed by atoms with Crippen LogP contribution in [0, 0.1) is 18.3 Å². The van der Waals surface area contributed by atoms with Gasteiger partial charge in [-0.3, -0.25) is 4.79 Å². The molecule has 0 saturated heterocycles. The lowest BCUT2D eigenvalue weighted by Gasteiger charge is -2.10. The van der Waals surface area contributed by atoms with Crippen LogP contribution in [0.3, 0.4) is 0 Å². The van der Waals surface area contributed by atoms with E-state index in [0.29, 0.717) is 22.8 Å². The second kappa shape index (κ2) is 3.60. The predicted molar refractivity (Wildman–Crippen MR) is 76.9 cm³/mol. The monoisotopic (exact) mass is 266 g/mol. The van der Waals surface area contributed by atoms with Gasteiger partial charge in [-0.25, -0.2) is 4.68 Å². The molecule has 1 aromatic carbocycles. The summed E-state index contributed by atoms with van der Waals surface area (Å²) < 4.78 is 1.64. The SMILES string of the molecule is Cc1nn(C(=O)c2ccccc2)c2c1C1C(C2)C1(C)C. The summed E-state index contributed by atoms with van der Waals surface area (Å²) in [5, 5.41) is 4.52. The van der Waals surface area contributed by atoms with Crippen LogP contribution < -0.4 is 0 Å². The summed E-state index contributed by atoms with van der Waals surface area (Å²) in [4.78, 5) is 12.6. The standard InChI is InChI=1S/C17H18N2O/c1-10-14-13(9-12-15(14)17(12,2)3)19(18-10)16(20)11-7-5-4-6-8-11/h4-8,12,15H,9H2,1-3H3. The third-order valence-corrected chi connectivity index (χ3v) is 5.19. The molecule has 3 heteroatoms. The first-order valence-electron chi connectivity index (χ1n) is 7.20. The summed E-state index contributed by atoms with van der Waals surface area (Å²) in [5.74, 6) is 1.30. The van der Waals surface area contributed by atoms with Crippen molar-refractivity contribution in [1.82, 2.24) is 9.78 Å². The number of hydrogen-bond donors (Lipinski definition) is 0. The molecule has 0 spiro atoms. The summed E-state index contributed by atoms with van der Waals surface area (Å²) in [5.41, 5.74) is 4.61. The van der Waals surface area contributed by atoms with E-state index in [0.717, 1.165) is 17.8 Å². The molecule has 0 N–H and O–H groups in total. The van der Waals surface area contributed by atoms with Crippen molar-refractivity contribution in [3.8, 4) is 0 Å². The predicted octanol–water partition coefficient (Wildman–Crippen LogP) is 3.18. The highest BCUT2D eigenvalue weighted by molar-refractivity contribution is 5.96. The fourth-order valence-electron chi connectivity index (χ4n) is 3.97. The third kappa shape index (κ3) is 1.35. The second-order valence-corrected chi connectivity index (χ2v) is 6.64. The second-order valence-electron chi connectivity index (χ2n) is 6.64. The number of carbonyl (C=O) groups excluding carboxylic acids is 1. The Hall–Kier alpha value is -1.90. The number of fused-ring (bicyclic) bond motifs is 3. The van der Waals surface area contributed by atoms with Gasteiger partial charge in [0.15, 0.2) is 0 Å². The van der Waals surface area contributed by atoms with Gasteiger partial charge in [-0.1, -0.05) is 32.0 Å². The van der Waals surface area contributed by atoms with Crippen LogP contribution in [0.15, 0.2) is 30.3 Å². The molecule has 4 rings (SSSR count). The minimum absolute atomic E-state index is 0.00550. The Bertz CT molecular complexity index is 712.